The number of carbonyl (C=O) groups excluding carboxylic acids is 1. The van der Waals surface area contributed by atoms with Gasteiger partial charge in [-0.2, -0.15) is 18.2 Å². The fourth-order valence-electron chi connectivity index (χ4n) is 3.44. The average molecular weight is 489 g/mol. The third-order valence-corrected chi connectivity index (χ3v) is 5.38. The molecule has 3 aromatic rings. The molecule has 0 bridgehead atoms. The molecule has 176 valence electrons. The van der Waals surface area contributed by atoms with Crippen molar-refractivity contribution in [3.8, 4) is 11.6 Å². The molecule has 1 aromatic heterocycles. The topological polar surface area (TPSA) is 67.3 Å². The van der Waals surface area contributed by atoms with Crippen LogP contribution < -0.4 is 15.0 Å². The molecule has 0 saturated carbocycles. The van der Waals surface area contributed by atoms with Crippen LogP contribution in [0, 0.1) is 0 Å². The first-order chi connectivity index (χ1) is 16.3. The van der Waals surface area contributed by atoms with Crippen molar-refractivity contribution < 1.29 is 22.7 Å². The van der Waals surface area contributed by atoms with Gasteiger partial charge in [0, 0.05) is 37.1 Å². The van der Waals surface area contributed by atoms with Gasteiger partial charge in [-0.25, -0.2) is 4.98 Å². The van der Waals surface area contributed by atoms with E-state index in [4.69, 9.17) is 16.3 Å². The summed E-state index contributed by atoms with van der Waals surface area (Å²) in [4.78, 5) is 23.1. The second kappa shape index (κ2) is 10.1. The first-order valence-corrected chi connectivity index (χ1v) is 10.9. The highest BCUT2D eigenvalue weighted by molar-refractivity contribution is 6.31. The maximum absolute atomic E-state index is 13.0. The van der Waals surface area contributed by atoms with Gasteiger partial charge < -0.3 is 15.0 Å². The van der Waals surface area contributed by atoms with E-state index in [1.165, 1.54) is 18.2 Å². The Morgan fingerprint density at radius 2 is 1.91 bits per heavy atom. The van der Waals surface area contributed by atoms with Crippen LogP contribution in [-0.2, 0) is 11.0 Å². The molecule has 2 aromatic carbocycles. The minimum Gasteiger partial charge on any atom is -0.439 e. The van der Waals surface area contributed by atoms with Crippen molar-refractivity contribution >= 4 is 35.2 Å². The highest BCUT2D eigenvalue weighted by Crippen LogP contribution is 2.36. The predicted octanol–water partition coefficient (Wildman–Crippen LogP) is 6.19. The van der Waals surface area contributed by atoms with E-state index in [9.17, 15) is 18.0 Å². The van der Waals surface area contributed by atoms with E-state index in [1.807, 2.05) is 0 Å². The zero-order valence-corrected chi connectivity index (χ0v) is 18.6. The Kier molecular flexibility index (Phi) is 7.02. The van der Waals surface area contributed by atoms with E-state index in [-0.39, 0.29) is 5.69 Å². The van der Waals surface area contributed by atoms with Crippen LogP contribution in [0.25, 0.3) is 6.08 Å². The molecule has 0 unspecified atom stereocenters. The smallest absolute Gasteiger partial charge is 0.417 e. The van der Waals surface area contributed by atoms with Crippen molar-refractivity contribution in [2.24, 2.45) is 0 Å². The summed E-state index contributed by atoms with van der Waals surface area (Å²) in [6.07, 6.45) is 1.99. The molecule has 34 heavy (non-hydrogen) atoms. The largest absolute Gasteiger partial charge is 0.439 e. The lowest BCUT2D eigenvalue weighted by Crippen LogP contribution is -2.20. The monoisotopic (exact) mass is 488 g/mol. The number of halogens is 4. The highest BCUT2D eigenvalue weighted by Gasteiger charge is 2.33. The molecule has 2 heterocycles. The maximum Gasteiger partial charge on any atom is 0.417 e. The molecule has 1 amide bonds. The van der Waals surface area contributed by atoms with Crippen LogP contribution in [0.5, 0.6) is 11.6 Å². The number of hydrogen-bond donors (Lipinski definition) is 1. The lowest BCUT2D eigenvalue weighted by Gasteiger charge is -2.15. The second-order valence-electron chi connectivity index (χ2n) is 7.58. The number of benzene rings is 2. The number of aromatic nitrogens is 2. The van der Waals surface area contributed by atoms with Gasteiger partial charge in [0.1, 0.15) is 5.75 Å². The standard InChI is InChI=1S/C24H20ClF3N4O2/c25-20-8-7-17(15-19(20)24(26,27)28)30-21(33)9-6-16-4-3-5-18(14-16)34-22-10-11-29-23(31-22)32-12-1-2-13-32/h3-11,14-15H,1-2,12-13H2,(H,30,33)/b9-6+. The van der Waals surface area contributed by atoms with E-state index in [1.54, 1.807) is 36.5 Å². The van der Waals surface area contributed by atoms with Crippen molar-refractivity contribution in [3.63, 3.8) is 0 Å². The molecule has 0 aliphatic carbocycles. The van der Waals surface area contributed by atoms with Crippen LogP contribution in [0.1, 0.15) is 24.0 Å². The Bertz CT molecular complexity index is 1210. The number of nitrogens with one attached hydrogen (secondary N) is 1. The molecule has 4 rings (SSSR count). The van der Waals surface area contributed by atoms with Gasteiger partial charge in [0.05, 0.1) is 10.6 Å². The Morgan fingerprint density at radius 1 is 1.12 bits per heavy atom. The number of hydrogen-bond acceptors (Lipinski definition) is 5. The number of amides is 1. The summed E-state index contributed by atoms with van der Waals surface area (Å²) in [5.74, 6) is 0.951. The van der Waals surface area contributed by atoms with E-state index < -0.39 is 22.7 Å². The number of ether oxygens (including phenoxy) is 1. The zero-order chi connectivity index (χ0) is 24.1. The number of anilines is 2. The molecule has 1 aliphatic rings. The zero-order valence-electron chi connectivity index (χ0n) is 17.8. The first kappa shape index (κ1) is 23.6. The normalized spacial score (nSPS) is 13.9. The molecule has 1 fully saturated rings. The number of carbonyl (C=O) groups is 1. The quantitative estimate of drug-likeness (QED) is 0.419. The predicted molar refractivity (Wildman–Crippen MR) is 124 cm³/mol. The van der Waals surface area contributed by atoms with Gasteiger partial charge >= 0.3 is 6.18 Å². The second-order valence-corrected chi connectivity index (χ2v) is 7.99. The fraction of sp³-hybridized carbons (Fsp3) is 0.208. The van der Waals surface area contributed by atoms with E-state index in [2.05, 4.69) is 20.2 Å². The van der Waals surface area contributed by atoms with Crippen molar-refractivity contribution in [3.05, 3.63) is 77.0 Å². The van der Waals surface area contributed by atoms with E-state index in [0.717, 1.165) is 38.1 Å². The fourth-order valence-corrected chi connectivity index (χ4v) is 3.66. The van der Waals surface area contributed by atoms with Crippen molar-refractivity contribution in [1.29, 1.82) is 0 Å². The minimum atomic E-state index is -4.62. The van der Waals surface area contributed by atoms with Crippen LogP contribution >= 0.6 is 11.6 Å². The molecule has 0 radical (unpaired) electrons. The maximum atomic E-state index is 13.0. The van der Waals surface area contributed by atoms with Gasteiger partial charge in [-0.1, -0.05) is 23.7 Å². The van der Waals surface area contributed by atoms with Crippen LogP contribution in [0.15, 0.2) is 60.8 Å². The van der Waals surface area contributed by atoms with Crippen LogP contribution in [0.2, 0.25) is 5.02 Å². The molecule has 0 atom stereocenters. The summed E-state index contributed by atoms with van der Waals surface area (Å²) >= 11 is 5.60. The summed E-state index contributed by atoms with van der Waals surface area (Å²) in [6.45, 7) is 1.83. The highest BCUT2D eigenvalue weighted by atomic mass is 35.5. The molecule has 1 N–H and O–H groups in total. The van der Waals surface area contributed by atoms with Gasteiger partial charge in [-0.05, 0) is 54.8 Å². The minimum absolute atomic E-state index is 0.0129. The van der Waals surface area contributed by atoms with Crippen molar-refractivity contribution in [2.75, 3.05) is 23.3 Å². The van der Waals surface area contributed by atoms with Crippen molar-refractivity contribution in [2.45, 2.75) is 19.0 Å². The summed E-state index contributed by atoms with van der Waals surface area (Å²) < 4.78 is 44.8. The Hall–Kier alpha value is -3.59. The van der Waals surface area contributed by atoms with Gasteiger partial charge in [0.2, 0.25) is 17.7 Å². The molecule has 10 heteroatoms. The third kappa shape index (κ3) is 6.05. The SMILES string of the molecule is O=C(/C=C/c1cccc(Oc2ccnc(N3CCCC3)n2)c1)Nc1ccc(Cl)c(C(F)(F)F)c1. The van der Waals surface area contributed by atoms with Crippen LogP contribution in [-0.4, -0.2) is 29.0 Å². The number of alkyl halides is 3. The van der Waals surface area contributed by atoms with Gasteiger partial charge in [0.25, 0.3) is 0 Å². The van der Waals surface area contributed by atoms with Gasteiger partial charge in [-0.15, -0.1) is 0 Å². The molecule has 1 saturated heterocycles. The van der Waals surface area contributed by atoms with Gasteiger partial charge in [-0.3, -0.25) is 4.79 Å². The Morgan fingerprint density at radius 3 is 2.68 bits per heavy atom. The van der Waals surface area contributed by atoms with E-state index in [0.29, 0.717) is 23.1 Å². The van der Waals surface area contributed by atoms with E-state index >= 15 is 0 Å². The lowest BCUT2D eigenvalue weighted by atomic mass is 10.2. The van der Waals surface area contributed by atoms with Crippen LogP contribution in [0.3, 0.4) is 0 Å². The number of rotatable bonds is 6. The number of nitrogens with zero attached hydrogens (tertiary/aromatic N) is 3. The summed E-state index contributed by atoms with van der Waals surface area (Å²) in [5, 5.41) is 1.97. The molecule has 6 nitrogen and oxygen atoms in total. The average Bonchev–Trinajstić information content (AvgIpc) is 3.34. The molecule has 0 spiro atoms. The Balaban J connectivity index is 1.41. The summed E-state index contributed by atoms with van der Waals surface area (Å²) in [7, 11) is 0. The molecular weight excluding hydrogens is 469 g/mol. The third-order valence-electron chi connectivity index (χ3n) is 5.05. The molecular formula is C24H20ClF3N4O2. The first-order valence-electron chi connectivity index (χ1n) is 10.5. The lowest BCUT2D eigenvalue weighted by molar-refractivity contribution is -0.137. The van der Waals surface area contributed by atoms with Crippen LogP contribution in [0.4, 0.5) is 24.8 Å². The molecule has 1 aliphatic heterocycles. The summed E-state index contributed by atoms with van der Waals surface area (Å²) in [5.41, 5.74) is -0.368. The summed E-state index contributed by atoms with van der Waals surface area (Å²) in [6, 6.07) is 11.8. The van der Waals surface area contributed by atoms with Crippen molar-refractivity contribution in [1.82, 2.24) is 9.97 Å². The Labute approximate surface area is 199 Å². The van der Waals surface area contributed by atoms with Gasteiger partial charge in [0.15, 0.2) is 0 Å².